The number of carbonyl (C=O) groups excluding carboxylic acids is 4. The number of nitrogens with zero attached hydrogens (tertiary/aromatic N) is 4. The van der Waals surface area contributed by atoms with Gasteiger partial charge in [0, 0.05) is 32.2 Å². The van der Waals surface area contributed by atoms with Gasteiger partial charge in [0.15, 0.2) is 0 Å². The molecule has 6 heterocycles. The lowest BCUT2D eigenvalue weighted by Crippen LogP contribution is -2.51. The van der Waals surface area contributed by atoms with Gasteiger partial charge >= 0.3 is 12.2 Å². The van der Waals surface area contributed by atoms with Gasteiger partial charge in [-0.05, 0) is 84.7 Å². The van der Waals surface area contributed by atoms with Crippen molar-refractivity contribution in [2.45, 2.75) is 63.7 Å². The Morgan fingerprint density at radius 1 is 0.689 bits per heavy atom. The van der Waals surface area contributed by atoms with Crippen LogP contribution in [0.25, 0.3) is 52.3 Å². The number of aromatic nitrogens is 4. The Morgan fingerprint density at radius 2 is 1.20 bits per heavy atom. The molecule has 0 spiro atoms. The van der Waals surface area contributed by atoms with E-state index >= 15 is 0 Å². The summed E-state index contributed by atoms with van der Waals surface area (Å²) in [5.41, 5.74) is 6.31. The molecular weight excluding hydrogens is 813 g/mol. The van der Waals surface area contributed by atoms with E-state index in [2.05, 4.69) is 57.0 Å². The predicted molar refractivity (Wildman–Crippen MR) is 236 cm³/mol. The fraction of sp³-hybridized carbons (Fsp3) is 0.333. The Hall–Kier alpha value is -6.26. The molecule has 3 aromatic carbocycles. The minimum Gasteiger partial charge on any atom is -0.453 e. The fourth-order valence-electron chi connectivity index (χ4n) is 8.58. The van der Waals surface area contributed by atoms with Crippen LogP contribution in [0.15, 0.2) is 78.9 Å². The first-order chi connectivity index (χ1) is 29.6. The highest BCUT2D eigenvalue weighted by atomic mass is 32.1. The third kappa shape index (κ3) is 7.81. The van der Waals surface area contributed by atoms with E-state index in [9.17, 15) is 19.2 Å². The molecule has 2 aliphatic rings. The van der Waals surface area contributed by atoms with E-state index in [-0.39, 0.29) is 29.8 Å². The van der Waals surface area contributed by atoms with E-state index in [1.165, 1.54) is 23.6 Å². The second-order valence-corrected chi connectivity index (χ2v) is 18.0. The highest BCUT2D eigenvalue weighted by Gasteiger charge is 2.39. The molecule has 2 aliphatic heterocycles. The predicted octanol–water partition coefficient (Wildman–Crippen LogP) is 8.85. The van der Waals surface area contributed by atoms with Crippen LogP contribution in [0.4, 0.5) is 9.59 Å². The Balaban J connectivity index is 0.917. The summed E-state index contributed by atoms with van der Waals surface area (Å²) in [6.07, 6.45) is 1.93. The van der Waals surface area contributed by atoms with Gasteiger partial charge in [-0.15, -0.1) is 22.7 Å². The van der Waals surface area contributed by atoms with Crippen molar-refractivity contribution in [1.82, 2.24) is 40.4 Å². The van der Waals surface area contributed by atoms with Crippen LogP contribution in [0.3, 0.4) is 0 Å². The van der Waals surface area contributed by atoms with Crippen LogP contribution in [0.1, 0.15) is 74.9 Å². The maximum absolute atomic E-state index is 14.0. The maximum atomic E-state index is 14.0. The summed E-state index contributed by atoms with van der Waals surface area (Å²) in [5.74, 6) is 1.02. The van der Waals surface area contributed by atoms with Crippen molar-refractivity contribution in [2.24, 2.45) is 5.92 Å². The van der Waals surface area contributed by atoms with Crippen molar-refractivity contribution in [2.75, 3.05) is 27.3 Å². The Labute approximate surface area is 359 Å². The quantitative estimate of drug-likeness (QED) is 0.106. The summed E-state index contributed by atoms with van der Waals surface area (Å²) in [7, 11) is 2.58. The van der Waals surface area contributed by atoms with E-state index in [0.717, 1.165) is 80.3 Å². The van der Waals surface area contributed by atoms with E-state index < -0.39 is 24.3 Å². The minimum atomic E-state index is -0.880. The Bertz CT molecular complexity index is 2740. The number of likely N-dealkylation sites (tertiary alicyclic amines) is 2. The summed E-state index contributed by atoms with van der Waals surface area (Å²) < 4.78 is 12.0. The molecule has 4 N–H and O–H groups in total. The molecule has 314 valence electrons. The number of hydrogen-bond acceptors (Lipinski definition) is 10. The van der Waals surface area contributed by atoms with Gasteiger partial charge in [0.2, 0.25) is 5.91 Å². The van der Waals surface area contributed by atoms with Crippen LogP contribution < -0.4 is 10.6 Å². The number of carbonyl (C=O) groups is 4. The van der Waals surface area contributed by atoms with Crippen molar-refractivity contribution >= 4 is 78.1 Å². The molecule has 0 saturated carbocycles. The maximum Gasteiger partial charge on any atom is 0.407 e. The molecule has 2 saturated heterocycles. The Kier molecular flexibility index (Phi) is 11.0. The number of fused-ring (bicyclic) bond motifs is 3. The lowest BCUT2D eigenvalue weighted by Gasteiger charge is -2.29. The topological polar surface area (TPSA) is 175 Å². The molecule has 0 aliphatic carbocycles. The third-order valence-corrected chi connectivity index (χ3v) is 14.1. The number of ether oxygens (including phenoxy) is 2. The zero-order valence-corrected chi connectivity index (χ0v) is 35.8. The van der Waals surface area contributed by atoms with E-state index in [0.29, 0.717) is 18.7 Å². The number of rotatable bonds is 10. The van der Waals surface area contributed by atoms with Crippen LogP contribution in [0.5, 0.6) is 0 Å². The second-order valence-electron chi connectivity index (χ2n) is 15.9. The zero-order chi connectivity index (χ0) is 42.4. The first-order valence-corrected chi connectivity index (χ1v) is 22.1. The van der Waals surface area contributed by atoms with Gasteiger partial charge in [-0.1, -0.05) is 56.3 Å². The number of nitrogens with one attached hydrogen (secondary N) is 4. The first-order valence-electron chi connectivity index (χ1n) is 20.5. The van der Waals surface area contributed by atoms with E-state index in [1.54, 1.807) is 22.7 Å². The summed E-state index contributed by atoms with van der Waals surface area (Å²) in [4.78, 5) is 74.8. The van der Waals surface area contributed by atoms with Crippen LogP contribution in [-0.4, -0.2) is 87.1 Å². The van der Waals surface area contributed by atoms with Gasteiger partial charge in [-0.3, -0.25) is 9.59 Å². The van der Waals surface area contributed by atoms with Crippen LogP contribution >= 0.6 is 22.7 Å². The highest BCUT2D eigenvalue weighted by molar-refractivity contribution is 7.31. The molecule has 2 fully saturated rings. The molecule has 0 radical (unpaired) electrons. The van der Waals surface area contributed by atoms with Gasteiger partial charge in [0.1, 0.15) is 23.7 Å². The van der Waals surface area contributed by atoms with Crippen molar-refractivity contribution in [3.63, 3.8) is 0 Å². The fourth-order valence-corrected chi connectivity index (χ4v) is 11.0. The van der Waals surface area contributed by atoms with Gasteiger partial charge in [0.25, 0.3) is 5.91 Å². The van der Waals surface area contributed by atoms with Crippen molar-refractivity contribution in [3.8, 4) is 20.9 Å². The van der Waals surface area contributed by atoms with Crippen molar-refractivity contribution < 1.29 is 28.7 Å². The van der Waals surface area contributed by atoms with Crippen molar-refractivity contribution in [3.05, 3.63) is 96.1 Å². The molecule has 4 atom stereocenters. The lowest BCUT2D eigenvalue weighted by atomic mass is 10.0. The second kappa shape index (κ2) is 16.7. The largest absolute Gasteiger partial charge is 0.453 e. The molecule has 7 aromatic rings. The number of hydrogen-bond donors (Lipinski definition) is 4. The van der Waals surface area contributed by atoms with E-state index in [4.69, 9.17) is 19.4 Å². The monoisotopic (exact) mass is 858 g/mol. The average molecular weight is 859 g/mol. The molecule has 4 aromatic heterocycles. The summed E-state index contributed by atoms with van der Waals surface area (Å²) >= 11 is 3.49. The van der Waals surface area contributed by atoms with Gasteiger partial charge in [-0.25, -0.2) is 19.6 Å². The molecule has 4 unspecified atom stereocenters. The van der Waals surface area contributed by atoms with Crippen LogP contribution in [-0.2, 0) is 19.1 Å². The number of amides is 4. The van der Waals surface area contributed by atoms with Crippen LogP contribution in [0, 0.1) is 5.92 Å². The van der Waals surface area contributed by atoms with Crippen molar-refractivity contribution in [1.29, 1.82) is 0 Å². The Morgan fingerprint density at radius 3 is 1.70 bits per heavy atom. The highest BCUT2D eigenvalue weighted by Crippen LogP contribution is 2.43. The third-order valence-electron chi connectivity index (χ3n) is 11.7. The normalized spacial score (nSPS) is 17.7. The summed E-state index contributed by atoms with van der Waals surface area (Å²) in [5, 5.41) is 5.44. The molecule has 4 amide bonds. The van der Waals surface area contributed by atoms with E-state index in [1.807, 2.05) is 66.1 Å². The number of thiophene rings is 2. The minimum absolute atomic E-state index is 0.107. The molecule has 61 heavy (non-hydrogen) atoms. The number of H-pyrrole nitrogens is 2. The number of imidazole rings is 2. The molecular formula is C45H46N8O6S2. The SMILES string of the molecule is COC(=O)NC(C(=O)N1CCCC1c1nc2ccc(-c3cc4sc(-c5ccc6nc(C7CCCN7C(=O)C(NC(=O)OC)C(C)C)[nH]c6c5)cc4s3)cc2[nH]1)c1ccccc1. The standard InChI is InChI=1S/C45H46N8O6S2/c1-24(2)38(50-44(56)58-3)42(54)52-18-8-12-32(52)40-46-28-16-14-26(20-30(28)48-40)34-22-36-37(60-34)23-35(61-36)27-15-17-29-31(21-27)49-41(47-29)33-13-9-19-53(33)43(55)39(51-45(57)59-4)25-10-6-5-7-11-25/h5-7,10-11,14-17,20-24,32-33,38-39H,8-9,12-13,18-19H2,1-4H3,(H,46,48)(H,47,49)(H,50,56)(H,51,57). The molecule has 14 nitrogen and oxygen atoms in total. The number of aromatic amines is 2. The number of benzene rings is 3. The smallest absolute Gasteiger partial charge is 0.407 e. The summed E-state index contributed by atoms with van der Waals surface area (Å²) in [6, 6.07) is 24.1. The molecule has 9 rings (SSSR count). The number of methoxy groups -OCH3 is 2. The van der Waals surface area contributed by atoms with Gasteiger partial charge < -0.3 is 39.9 Å². The number of alkyl carbamates (subject to hydrolysis) is 2. The zero-order valence-electron chi connectivity index (χ0n) is 34.2. The van der Waals surface area contributed by atoms with Crippen LogP contribution in [0.2, 0.25) is 0 Å². The van der Waals surface area contributed by atoms with Gasteiger partial charge in [0.05, 0.1) is 48.4 Å². The molecule has 16 heteroatoms. The van der Waals surface area contributed by atoms with Gasteiger partial charge in [-0.2, -0.15) is 0 Å². The summed E-state index contributed by atoms with van der Waals surface area (Å²) in [6.45, 7) is 4.97. The lowest BCUT2D eigenvalue weighted by molar-refractivity contribution is -0.135. The molecule has 0 bridgehead atoms. The average Bonchev–Trinajstić information content (AvgIpc) is 4.13. The first kappa shape index (κ1) is 40.2.